The van der Waals surface area contributed by atoms with Gasteiger partial charge in [0.15, 0.2) is 5.82 Å². The summed E-state index contributed by atoms with van der Waals surface area (Å²) in [6.07, 6.45) is 6.16. The Morgan fingerprint density at radius 3 is 2.14 bits per heavy atom. The number of hydrogen-bond acceptors (Lipinski definition) is 4. The largest absolute Gasteiger partial charge is 0.490 e. The molecule has 2 atom stereocenters. The third kappa shape index (κ3) is 5.89. The molecule has 0 saturated heterocycles. The van der Waals surface area contributed by atoms with E-state index in [0.717, 1.165) is 70.8 Å². The molecule has 0 fully saturated rings. The Morgan fingerprint density at radius 1 is 0.614 bits per heavy atom. The lowest BCUT2D eigenvalue weighted by Gasteiger charge is -2.15. The fourth-order valence-electron chi connectivity index (χ4n) is 6.18. The lowest BCUT2D eigenvalue weighted by Crippen LogP contribution is -2.16. The molecule has 4 heteroatoms. The van der Waals surface area contributed by atoms with Gasteiger partial charge >= 0.3 is 0 Å². The van der Waals surface area contributed by atoms with Gasteiger partial charge in [-0.2, -0.15) is 0 Å². The summed E-state index contributed by atoms with van der Waals surface area (Å²) in [4.78, 5) is 15.0. The number of pyridine rings is 1. The standard InChI is InChI=1S/C40H35N3O/c1-28-33-20-8-10-24-39(33)44-38(28)23-11-9-22-35-34(21-13-25-41-35)37-27-36(42-40(43-37)30-16-6-3-7-17-30)32-19-12-18-31(26-32)29-14-4-2-5-15-29/h2-8,10,12-21,24-28,38H,9,11,22-23H2,1H3. The first-order valence-electron chi connectivity index (χ1n) is 15.5. The van der Waals surface area contributed by atoms with Crippen molar-refractivity contribution in [3.8, 4) is 50.8 Å². The number of fused-ring (bicyclic) bond motifs is 1. The van der Waals surface area contributed by atoms with E-state index in [0.29, 0.717) is 11.7 Å². The van der Waals surface area contributed by atoms with Crippen LogP contribution in [-0.4, -0.2) is 21.1 Å². The topological polar surface area (TPSA) is 47.9 Å². The number of benzene rings is 4. The molecule has 4 aromatic carbocycles. The van der Waals surface area contributed by atoms with Gasteiger partial charge < -0.3 is 4.74 Å². The van der Waals surface area contributed by atoms with Gasteiger partial charge in [0.1, 0.15) is 11.9 Å². The molecule has 6 aromatic rings. The van der Waals surface area contributed by atoms with Crippen LogP contribution in [0.1, 0.15) is 43.4 Å². The molecule has 0 saturated carbocycles. The smallest absolute Gasteiger partial charge is 0.160 e. The Kier molecular flexibility index (Phi) is 7.97. The van der Waals surface area contributed by atoms with E-state index in [2.05, 4.69) is 104 Å². The van der Waals surface area contributed by atoms with Gasteiger partial charge in [-0.1, -0.05) is 104 Å². The number of ether oxygens (including phenoxy) is 1. The van der Waals surface area contributed by atoms with E-state index in [1.54, 1.807) is 0 Å². The molecule has 0 N–H and O–H groups in total. The first-order chi connectivity index (χ1) is 21.7. The molecule has 4 nitrogen and oxygen atoms in total. The van der Waals surface area contributed by atoms with Crippen LogP contribution in [0.2, 0.25) is 0 Å². The monoisotopic (exact) mass is 573 g/mol. The Labute approximate surface area is 259 Å². The second-order valence-corrected chi connectivity index (χ2v) is 11.5. The van der Waals surface area contributed by atoms with Crippen LogP contribution in [0.5, 0.6) is 5.75 Å². The lowest BCUT2D eigenvalue weighted by atomic mass is 9.94. The van der Waals surface area contributed by atoms with Crippen molar-refractivity contribution >= 4 is 0 Å². The first kappa shape index (κ1) is 27.7. The number of hydrogen-bond donors (Lipinski definition) is 0. The van der Waals surface area contributed by atoms with Gasteiger partial charge in [-0.05, 0) is 67.1 Å². The van der Waals surface area contributed by atoms with Crippen LogP contribution in [0.3, 0.4) is 0 Å². The molecular formula is C40H35N3O. The number of aromatic nitrogens is 3. The van der Waals surface area contributed by atoms with Crippen molar-refractivity contribution in [1.29, 1.82) is 0 Å². The summed E-state index contributed by atoms with van der Waals surface area (Å²) in [5.74, 6) is 2.18. The summed E-state index contributed by atoms with van der Waals surface area (Å²) < 4.78 is 6.28. The van der Waals surface area contributed by atoms with Crippen molar-refractivity contribution in [3.05, 3.63) is 145 Å². The molecule has 0 aliphatic carbocycles. The van der Waals surface area contributed by atoms with Gasteiger partial charge in [-0.3, -0.25) is 4.98 Å². The molecule has 0 radical (unpaired) electrons. The Bertz CT molecular complexity index is 1870. The predicted octanol–water partition coefficient (Wildman–Crippen LogP) is 9.82. The highest BCUT2D eigenvalue weighted by molar-refractivity contribution is 5.76. The fraction of sp³-hybridized carbons (Fsp3) is 0.175. The van der Waals surface area contributed by atoms with Crippen molar-refractivity contribution in [2.75, 3.05) is 0 Å². The maximum atomic E-state index is 6.28. The quantitative estimate of drug-likeness (QED) is 0.162. The highest BCUT2D eigenvalue weighted by Gasteiger charge is 2.29. The zero-order valence-corrected chi connectivity index (χ0v) is 24.9. The van der Waals surface area contributed by atoms with Crippen molar-refractivity contribution < 1.29 is 4.74 Å². The summed E-state index contributed by atoms with van der Waals surface area (Å²) in [7, 11) is 0. The van der Waals surface area contributed by atoms with Gasteiger partial charge in [0.05, 0.1) is 11.4 Å². The van der Waals surface area contributed by atoms with E-state index in [9.17, 15) is 0 Å². The summed E-state index contributed by atoms with van der Waals surface area (Å²) >= 11 is 0. The minimum Gasteiger partial charge on any atom is -0.490 e. The number of unbranched alkanes of at least 4 members (excludes halogenated alkanes) is 1. The van der Waals surface area contributed by atoms with Gasteiger partial charge in [0, 0.05) is 40.1 Å². The van der Waals surface area contributed by atoms with Crippen LogP contribution >= 0.6 is 0 Å². The minimum atomic E-state index is 0.236. The van der Waals surface area contributed by atoms with E-state index in [-0.39, 0.29) is 6.10 Å². The van der Waals surface area contributed by atoms with Crippen molar-refractivity contribution in [1.82, 2.24) is 15.0 Å². The average Bonchev–Trinajstić information content (AvgIpc) is 3.42. The molecule has 44 heavy (non-hydrogen) atoms. The number of rotatable bonds is 9. The maximum Gasteiger partial charge on any atom is 0.160 e. The Morgan fingerprint density at radius 2 is 1.32 bits per heavy atom. The molecule has 1 aliphatic rings. The number of para-hydroxylation sites is 1. The molecular weight excluding hydrogens is 538 g/mol. The van der Waals surface area contributed by atoms with Crippen LogP contribution in [0.15, 0.2) is 134 Å². The lowest BCUT2D eigenvalue weighted by molar-refractivity contribution is 0.195. The fourth-order valence-corrected chi connectivity index (χ4v) is 6.18. The average molecular weight is 574 g/mol. The zero-order valence-electron chi connectivity index (χ0n) is 24.9. The van der Waals surface area contributed by atoms with Crippen LogP contribution in [0, 0.1) is 0 Å². The molecule has 2 unspecified atom stereocenters. The predicted molar refractivity (Wildman–Crippen MR) is 178 cm³/mol. The second kappa shape index (κ2) is 12.6. The third-order valence-corrected chi connectivity index (χ3v) is 8.59. The number of nitrogens with zero attached hydrogens (tertiary/aromatic N) is 3. The third-order valence-electron chi connectivity index (χ3n) is 8.59. The van der Waals surface area contributed by atoms with Crippen LogP contribution in [0.25, 0.3) is 45.0 Å². The highest BCUT2D eigenvalue weighted by Crippen LogP contribution is 2.39. The molecule has 0 spiro atoms. The summed E-state index contributed by atoms with van der Waals surface area (Å²) in [6, 6.07) is 44.0. The van der Waals surface area contributed by atoms with Gasteiger partial charge in [-0.25, -0.2) is 9.97 Å². The van der Waals surface area contributed by atoms with Crippen molar-refractivity contribution in [2.45, 2.75) is 44.6 Å². The van der Waals surface area contributed by atoms with Crippen molar-refractivity contribution in [3.63, 3.8) is 0 Å². The van der Waals surface area contributed by atoms with Gasteiger partial charge in [-0.15, -0.1) is 0 Å². The van der Waals surface area contributed by atoms with Crippen molar-refractivity contribution in [2.24, 2.45) is 0 Å². The molecule has 2 aromatic heterocycles. The summed E-state index contributed by atoms with van der Waals surface area (Å²) in [5.41, 5.74) is 9.64. The molecule has 1 aliphatic heterocycles. The van der Waals surface area contributed by atoms with Crippen LogP contribution < -0.4 is 4.74 Å². The van der Waals surface area contributed by atoms with E-state index in [4.69, 9.17) is 19.7 Å². The Hall–Kier alpha value is -5.09. The molecule has 3 heterocycles. The summed E-state index contributed by atoms with van der Waals surface area (Å²) in [5, 5.41) is 0. The second-order valence-electron chi connectivity index (χ2n) is 11.5. The maximum absolute atomic E-state index is 6.28. The Balaban J connectivity index is 1.16. The SMILES string of the molecule is CC1c2ccccc2OC1CCCCc1ncccc1-c1cc(-c2cccc(-c3ccccc3)c2)nc(-c2ccccc2)n1. The van der Waals surface area contributed by atoms with Gasteiger partial charge in [0.25, 0.3) is 0 Å². The number of aryl methyl sites for hydroxylation is 1. The van der Waals surface area contributed by atoms with Gasteiger partial charge in [0.2, 0.25) is 0 Å². The van der Waals surface area contributed by atoms with E-state index < -0.39 is 0 Å². The zero-order chi connectivity index (χ0) is 29.7. The van der Waals surface area contributed by atoms with E-state index >= 15 is 0 Å². The molecule has 7 rings (SSSR count). The van der Waals surface area contributed by atoms with E-state index in [1.165, 1.54) is 11.1 Å². The minimum absolute atomic E-state index is 0.236. The summed E-state index contributed by atoms with van der Waals surface area (Å²) in [6.45, 7) is 2.28. The van der Waals surface area contributed by atoms with Crippen LogP contribution in [0.4, 0.5) is 0 Å². The highest BCUT2D eigenvalue weighted by atomic mass is 16.5. The van der Waals surface area contributed by atoms with Crippen LogP contribution in [-0.2, 0) is 6.42 Å². The molecule has 0 amide bonds. The molecule has 216 valence electrons. The molecule has 0 bridgehead atoms. The first-order valence-corrected chi connectivity index (χ1v) is 15.5. The normalized spacial score (nSPS) is 15.5. The van der Waals surface area contributed by atoms with E-state index in [1.807, 2.05) is 36.5 Å².